The lowest BCUT2D eigenvalue weighted by atomic mass is 9.97. The van der Waals surface area contributed by atoms with Gasteiger partial charge in [-0.2, -0.15) is 5.10 Å². The first-order chi connectivity index (χ1) is 13.7. The molecule has 28 heavy (non-hydrogen) atoms. The minimum atomic E-state index is -0.249. The molecule has 9 heteroatoms. The fourth-order valence-electron chi connectivity index (χ4n) is 3.32. The van der Waals surface area contributed by atoms with E-state index in [1.807, 2.05) is 30.3 Å². The van der Waals surface area contributed by atoms with Crippen LogP contribution >= 0.6 is 11.3 Å². The van der Waals surface area contributed by atoms with Crippen LogP contribution in [0.15, 0.2) is 48.2 Å². The van der Waals surface area contributed by atoms with E-state index in [0.717, 1.165) is 18.4 Å². The molecule has 1 aromatic carbocycles. The quantitative estimate of drug-likeness (QED) is 0.714. The van der Waals surface area contributed by atoms with E-state index in [-0.39, 0.29) is 17.7 Å². The number of aromatic nitrogens is 4. The van der Waals surface area contributed by atoms with E-state index < -0.39 is 0 Å². The van der Waals surface area contributed by atoms with Gasteiger partial charge in [0.25, 0.3) is 5.91 Å². The molecule has 1 N–H and O–H groups in total. The summed E-state index contributed by atoms with van der Waals surface area (Å²) in [6, 6.07) is 9.97. The molecule has 0 radical (unpaired) electrons. The Labute approximate surface area is 166 Å². The maximum absolute atomic E-state index is 12.9. The number of anilines is 1. The van der Waals surface area contributed by atoms with Crippen molar-refractivity contribution in [1.29, 1.82) is 0 Å². The van der Waals surface area contributed by atoms with Gasteiger partial charge >= 0.3 is 0 Å². The summed E-state index contributed by atoms with van der Waals surface area (Å²) in [4.78, 5) is 27.1. The van der Waals surface area contributed by atoms with Gasteiger partial charge in [0.2, 0.25) is 11.0 Å². The molecule has 1 saturated heterocycles. The van der Waals surface area contributed by atoms with Crippen molar-refractivity contribution in [1.82, 2.24) is 24.9 Å². The van der Waals surface area contributed by atoms with Gasteiger partial charge in [0.05, 0.1) is 24.2 Å². The average Bonchev–Trinajstić information content (AvgIpc) is 3.40. The lowest BCUT2D eigenvalue weighted by Crippen LogP contribution is -2.43. The number of amides is 2. The Hall–Kier alpha value is -3.07. The molecule has 0 bridgehead atoms. The van der Waals surface area contributed by atoms with Crippen molar-refractivity contribution in [2.45, 2.75) is 19.4 Å². The Morgan fingerprint density at radius 1 is 1.25 bits per heavy atom. The van der Waals surface area contributed by atoms with Crippen LogP contribution in [0.4, 0.5) is 5.13 Å². The Kier molecular flexibility index (Phi) is 5.43. The van der Waals surface area contributed by atoms with Gasteiger partial charge in [0.15, 0.2) is 0 Å². The van der Waals surface area contributed by atoms with Crippen molar-refractivity contribution in [3.8, 4) is 0 Å². The van der Waals surface area contributed by atoms with Crippen molar-refractivity contribution in [3.63, 3.8) is 0 Å². The summed E-state index contributed by atoms with van der Waals surface area (Å²) >= 11 is 1.28. The fraction of sp³-hybridized carbons (Fsp3) is 0.316. The van der Waals surface area contributed by atoms with Crippen molar-refractivity contribution in [2.75, 3.05) is 18.4 Å². The van der Waals surface area contributed by atoms with E-state index in [0.29, 0.717) is 30.3 Å². The summed E-state index contributed by atoms with van der Waals surface area (Å²) in [7, 11) is 0. The number of likely N-dealkylation sites (tertiary alicyclic amines) is 1. The average molecular weight is 396 g/mol. The molecule has 0 spiro atoms. The van der Waals surface area contributed by atoms with E-state index in [4.69, 9.17) is 0 Å². The fourth-order valence-corrected chi connectivity index (χ4v) is 3.77. The van der Waals surface area contributed by atoms with E-state index in [9.17, 15) is 9.59 Å². The molecule has 1 unspecified atom stereocenters. The Bertz CT molecular complexity index is 941. The molecule has 1 atom stereocenters. The van der Waals surface area contributed by atoms with Crippen LogP contribution in [-0.2, 0) is 11.3 Å². The van der Waals surface area contributed by atoms with Gasteiger partial charge in [-0.25, -0.2) is 0 Å². The van der Waals surface area contributed by atoms with Crippen LogP contribution in [-0.4, -0.2) is 49.8 Å². The molecule has 1 aliphatic rings. The minimum absolute atomic E-state index is 0.0901. The van der Waals surface area contributed by atoms with Gasteiger partial charge in [-0.1, -0.05) is 41.7 Å². The molecule has 4 rings (SSSR count). The maximum Gasteiger partial charge on any atom is 0.257 e. The predicted molar refractivity (Wildman–Crippen MR) is 105 cm³/mol. The van der Waals surface area contributed by atoms with Crippen LogP contribution in [0.5, 0.6) is 0 Å². The summed E-state index contributed by atoms with van der Waals surface area (Å²) in [5.41, 5.74) is 3.23. The zero-order valence-electron chi connectivity index (χ0n) is 15.2. The van der Waals surface area contributed by atoms with Crippen LogP contribution in [0.3, 0.4) is 0 Å². The van der Waals surface area contributed by atoms with E-state index >= 15 is 0 Å². The second-order valence-electron chi connectivity index (χ2n) is 6.74. The van der Waals surface area contributed by atoms with Crippen LogP contribution in [0.25, 0.3) is 0 Å². The van der Waals surface area contributed by atoms with Crippen LogP contribution in [0.2, 0.25) is 0 Å². The highest BCUT2D eigenvalue weighted by molar-refractivity contribution is 7.13. The molecular weight excluding hydrogens is 376 g/mol. The normalized spacial score (nSPS) is 16.7. The number of nitrogens with one attached hydrogen (secondary N) is 1. The third-order valence-electron chi connectivity index (χ3n) is 4.74. The van der Waals surface area contributed by atoms with Gasteiger partial charge in [-0.15, -0.1) is 10.2 Å². The number of rotatable bonds is 5. The monoisotopic (exact) mass is 396 g/mol. The van der Waals surface area contributed by atoms with Gasteiger partial charge in [0, 0.05) is 19.3 Å². The standard InChI is InChI=1S/C19H20N6O2S/c26-17(22-19-23-20-13-28-19)15-7-4-8-24(11-15)18(27)16-9-21-25(12-16)10-14-5-2-1-3-6-14/h1-3,5-6,9,12-13,15H,4,7-8,10-11H2,(H,22,23,26). The van der Waals surface area contributed by atoms with Gasteiger partial charge in [0.1, 0.15) is 5.51 Å². The van der Waals surface area contributed by atoms with Crippen molar-refractivity contribution < 1.29 is 9.59 Å². The summed E-state index contributed by atoms with van der Waals surface area (Å²) < 4.78 is 1.76. The molecule has 3 aromatic rings. The van der Waals surface area contributed by atoms with Gasteiger partial charge < -0.3 is 10.2 Å². The molecule has 2 amide bonds. The molecule has 8 nitrogen and oxygen atoms in total. The minimum Gasteiger partial charge on any atom is -0.338 e. The van der Waals surface area contributed by atoms with Gasteiger partial charge in [-0.05, 0) is 18.4 Å². The van der Waals surface area contributed by atoms with E-state index in [1.54, 1.807) is 27.5 Å². The summed E-state index contributed by atoms with van der Waals surface area (Å²) in [5, 5.41) is 15.1. The first kappa shape index (κ1) is 18.3. The zero-order valence-corrected chi connectivity index (χ0v) is 16.0. The Morgan fingerprint density at radius 2 is 2.11 bits per heavy atom. The molecule has 0 saturated carbocycles. The number of nitrogens with zero attached hydrogens (tertiary/aromatic N) is 5. The largest absolute Gasteiger partial charge is 0.338 e. The van der Waals surface area contributed by atoms with E-state index in [2.05, 4.69) is 20.6 Å². The smallest absolute Gasteiger partial charge is 0.257 e. The third kappa shape index (κ3) is 4.25. The number of carbonyl (C=O) groups is 2. The molecule has 0 aliphatic carbocycles. The topological polar surface area (TPSA) is 93.0 Å². The SMILES string of the molecule is O=C(Nc1nncs1)C1CCCN(C(=O)c2cnn(Cc3ccccc3)c2)C1. The first-order valence-electron chi connectivity index (χ1n) is 9.12. The summed E-state index contributed by atoms with van der Waals surface area (Å²) in [5.74, 6) is -0.456. The second-order valence-corrected chi connectivity index (χ2v) is 7.57. The number of piperidine rings is 1. The third-order valence-corrected chi connectivity index (χ3v) is 5.34. The zero-order chi connectivity index (χ0) is 19.3. The van der Waals surface area contributed by atoms with Crippen LogP contribution in [0, 0.1) is 5.92 Å². The van der Waals surface area contributed by atoms with E-state index in [1.165, 1.54) is 11.3 Å². The number of carbonyl (C=O) groups excluding carboxylic acids is 2. The molecule has 1 fully saturated rings. The second kappa shape index (κ2) is 8.30. The number of hydrogen-bond acceptors (Lipinski definition) is 6. The Balaban J connectivity index is 1.38. The number of benzene rings is 1. The predicted octanol–water partition coefficient (Wildman–Crippen LogP) is 2.27. The van der Waals surface area contributed by atoms with Crippen LogP contribution in [0.1, 0.15) is 28.8 Å². The first-order valence-corrected chi connectivity index (χ1v) is 9.99. The summed E-state index contributed by atoms with van der Waals surface area (Å²) in [6.45, 7) is 1.65. The molecule has 2 aromatic heterocycles. The van der Waals surface area contributed by atoms with Crippen molar-refractivity contribution in [3.05, 3.63) is 59.4 Å². The van der Waals surface area contributed by atoms with Crippen molar-refractivity contribution in [2.24, 2.45) is 5.92 Å². The van der Waals surface area contributed by atoms with Gasteiger partial charge in [-0.3, -0.25) is 14.3 Å². The highest BCUT2D eigenvalue weighted by atomic mass is 32.1. The Morgan fingerprint density at radius 3 is 2.89 bits per heavy atom. The summed E-state index contributed by atoms with van der Waals surface area (Å²) in [6.07, 6.45) is 4.90. The lowest BCUT2D eigenvalue weighted by Gasteiger charge is -2.31. The van der Waals surface area contributed by atoms with Crippen LogP contribution < -0.4 is 5.32 Å². The molecular formula is C19H20N6O2S. The number of hydrogen-bond donors (Lipinski definition) is 1. The maximum atomic E-state index is 12.9. The van der Waals surface area contributed by atoms with Crippen molar-refractivity contribution >= 4 is 28.3 Å². The lowest BCUT2D eigenvalue weighted by molar-refractivity contribution is -0.121. The molecule has 3 heterocycles. The molecule has 144 valence electrons. The highest BCUT2D eigenvalue weighted by Gasteiger charge is 2.29. The highest BCUT2D eigenvalue weighted by Crippen LogP contribution is 2.21. The molecule has 1 aliphatic heterocycles.